The van der Waals surface area contributed by atoms with Gasteiger partial charge in [-0.15, -0.1) is 0 Å². The molecular formula is C74H141NO5. The summed E-state index contributed by atoms with van der Waals surface area (Å²) < 4.78 is 5.44. The largest absolute Gasteiger partial charge is 0.465 e. The zero-order valence-electron chi connectivity index (χ0n) is 54.1. The fourth-order valence-electron chi connectivity index (χ4n) is 11.4. The fourth-order valence-corrected chi connectivity index (χ4v) is 11.4. The molecule has 80 heavy (non-hydrogen) atoms. The van der Waals surface area contributed by atoms with Gasteiger partial charge in [0.25, 0.3) is 0 Å². The van der Waals surface area contributed by atoms with Crippen molar-refractivity contribution in [3.63, 3.8) is 0 Å². The van der Waals surface area contributed by atoms with Crippen LogP contribution in [0.4, 0.5) is 0 Å². The van der Waals surface area contributed by atoms with E-state index >= 15 is 0 Å². The SMILES string of the molecule is CCCCCCCC/C=C\CCCCCCCCCCCC(=O)OCC/C=C\C/C=C\CCCCCCCCCCCCCCCCC(=O)NC(CO)C(O)CCCCCCCCCCCCCCCCCCCCCCCCC. The minimum absolute atomic E-state index is 0.0347. The molecular weight excluding hydrogens is 983 g/mol. The van der Waals surface area contributed by atoms with E-state index in [1.165, 1.54) is 315 Å². The van der Waals surface area contributed by atoms with E-state index in [9.17, 15) is 19.8 Å². The molecule has 3 N–H and O–H groups in total. The van der Waals surface area contributed by atoms with Crippen molar-refractivity contribution in [1.29, 1.82) is 0 Å². The highest BCUT2D eigenvalue weighted by molar-refractivity contribution is 5.76. The van der Waals surface area contributed by atoms with E-state index in [-0.39, 0.29) is 18.5 Å². The number of hydrogen-bond acceptors (Lipinski definition) is 5. The number of allylic oxidation sites excluding steroid dienone is 5. The summed E-state index contributed by atoms with van der Waals surface area (Å²) in [6, 6.07) is -0.547. The number of nitrogens with one attached hydrogen (secondary N) is 1. The van der Waals surface area contributed by atoms with E-state index in [4.69, 9.17) is 4.74 Å². The van der Waals surface area contributed by atoms with Crippen LogP contribution in [0.2, 0.25) is 0 Å². The zero-order chi connectivity index (χ0) is 57.8. The van der Waals surface area contributed by atoms with Gasteiger partial charge < -0.3 is 20.3 Å². The summed E-state index contributed by atoms with van der Waals surface area (Å²) in [6.07, 6.45) is 89.2. The van der Waals surface area contributed by atoms with Gasteiger partial charge in [0.1, 0.15) is 0 Å². The first-order valence-corrected chi connectivity index (χ1v) is 36.2. The van der Waals surface area contributed by atoms with Crippen LogP contribution in [0, 0.1) is 0 Å². The Hall–Kier alpha value is -1.92. The molecule has 472 valence electrons. The van der Waals surface area contributed by atoms with Crippen LogP contribution in [-0.2, 0) is 14.3 Å². The minimum Gasteiger partial charge on any atom is -0.465 e. The van der Waals surface area contributed by atoms with Crippen molar-refractivity contribution in [3.8, 4) is 0 Å². The van der Waals surface area contributed by atoms with Crippen LogP contribution in [0.3, 0.4) is 0 Å². The normalized spacial score (nSPS) is 12.7. The van der Waals surface area contributed by atoms with E-state index < -0.39 is 12.1 Å². The number of unbranched alkanes of at least 4 members (excludes halogenated alkanes) is 51. The van der Waals surface area contributed by atoms with Crippen molar-refractivity contribution in [2.75, 3.05) is 13.2 Å². The third-order valence-corrected chi connectivity index (χ3v) is 16.9. The molecule has 0 bridgehead atoms. The lowest BCUT2D eigenvalue weighted by Crippen LogP contribution is -2.45. The van der Waals surface area contributed by atoms with Gasteiger partial charge in [0.15, 0.2) is 0 Å². The van der Waals surface area contributed by atoms with E-state index in [2.05, 4.69) is 55.6 Å². The Morgan fingerprint density at radius 1 is 0.350 bits per heavy atom. The third-order valence-electron chi connectivity index (χ3n) is 16.9. The van der Waals surface area contributed by atoms with Crippen molar-refractivity contribution >= 4 is 11.9 Å². The summed E-state index contributed by atoms with van der Waals surface area (Å²) in [5.41, 5.74) is 0. The zero-order valence-corrected chi connectivity index (χ0v) is 54.1. The molecule has 0 aromatic rings. The van der Waals surface area contributed by atoms with Gasteiger partial charge in [-0.2, -0.15) is 0 Å². The molecule has 0 rings (SSSR count). The molecule has 2 atom stereocenters. The number of carbonyl (C=O) groups excluding carboxylic acids is 2. The lowest BCUT2D eigenvalue weighted by Gasteiger charge is -2.22. The first-order valence-electron chi connectivity index (χ1n) is 36.2. The summed E-state index contributed by atoms with van der Waals surface area (Å²) >= 11 is 0. The second-order valence-electron chi connectivity index (χ2n) is 24.9. The highest BCUT2D eigenvalue weighted by Gasteiger charge is 2.20. The topological polar surface area (TPSA) is 95.9 Å². The van der Waals surface area contributed by atoms with E-state index in [1.807, 2.05) is 0 Å². The van der Waals surface area contributed by atoms with Gasteiger partial charge in [0, 0.05) is 12.8 Å². The van der Waals surface area contributed by atoms with Gasteiger partial charge >= 0.3 is 5.97 Å². The minimum atomic E-state index is -0.670. The lowest BCUT2D eigenvalue weighted by atomic mass is 10.0. The summed E-state index contributed by atoms with van der Waals surface area (Å²) in [5.74, 6) is -0.0702. The molecule has 0 aromatic carbocycles. The predicted octanol–water partition coefficient (Wildman–Crippen LogP) is 23.5. The van der Waals surface area contributed by atoms with E-state index in [1.54, 1.807) is 0 Å². The van der Waals surface area contributed by atoms with Crippen LogP contribution in [-0.4, -0.2) is 47.4 Å². The monoisotopic (exact) mass is 1120 g/mol. The third kappa shape index (κ3) is 65.2. The summed E-state index contributed by atoms with van der Waals surface area (Å²) in [7, 11) is 0. The Morgan fingerprint density at radius 2 is 0.625 bits per heavy atom. The molecule has 0 aromatic heterocycles. The number of hydrogen-bond donors (Lipinski definition) is 3. The molecule has 0 heterocycles. The van der Waals surface area contributed by atoms with E-state index in [0.717, 1.165) is 51.4 Å². The second-order valence-corrected chi connectivity index (χ2v) is 24.9. The molecule has 0 saturated heterocycles. The Kier molecular flexibility index (Phi) is 67.9. The molecule has 0 aliphatic carbocycles. The first-order chi connectivity index (χ1) is 39.5. The van der Waals surface area contributed by atoms with Crippen LogP contribution in [0.5, 0.6) is 0 Å². The van der Waals surface area contributed by atoms with Crippen LogP contribution in [0.1, 0.15) is 399 Å². The van der Waals surface area contributed by atoms with E-state index in [0.29, 0.717) is 25.9 Å². The lowest BCUT2D eigenvalue weighted by molar-refractivity contribution is -0.143. The summed E-state index contributed by atoms with van der Waals surface area (Å²) in [5, 5.41) is 23.4. The maximum Gasteiger partial charge on any atom is 0.305 e. The number of aliphatic hydroxyl groups is 2. The summed E-state index contributed by atoms with van der Waals surface area (Å²) in [4.78, 5) is 24.6. The van der Waals surface area contributed by atoms with Crippen LogP contribution >= 0.6 is 0 Å². The van der Waals surface area contributed by atoms with Crippen molar-refractivity contribution in [2.45, 2.75) is 411 Å². The molecule has 0 spiro atoms. The Bertz CT molecular complexity index is 1300. The molecule has 0 aliphatic rings. The number of carbonyl (C=O) groups is 2. The average Bonchev–Trinajstić information content (AvgIpc) is 3.46. The standard InChI is InChI=1S/C74H141NO5/c1-3-5-7-9-11-13-15-17-19-21-23-24-25-27-31-34-38-42-46-50-54-58-62-66-72(77)71(70-76)75-73(78)67-63-59-55-51-47-43-39-35-32-28-26-29-33-37-41-45-49-53-57-61-65-69-80-74(79)68-64-60-56-52-48-44-40-36-30-22-20-18-16-14-12-10-8-6-4-2/h18,20,45,49,57,61,71-72,76-77H,3-17,19,21-44,46-48,50-56,58-60,62-70H2,1-2H3,(H,75,78)/b20-18-,49-45-,61-57-. The molecule has 0 fully saturated rings. The average molecular weight is 1120 g/mol. The highest BCUT2D eigenvalue weighted by Crippen LogP contribution is 2.19. The Labute approximate surface area is 500 Å². The molecule has 0 radical (unpaired) electrons. The van der Waals surface area contributed by atoms with Crippen molar-refractivity contribution in [2.24, 2.45) is 0 Å². The van der Waals surface area contributed by atoms with Gasteiger partial charge in [-0.05, 0) is 70.6 Å². The Morgan fingerprint density at radius 3 is 0.963 bits per heavy atom. The number of esters is 1. The second kappa shape index (κ2) is 69.6. The number of amides is 1. The summed E-state index contributed by atoms with van der Waals surface area (Å²) in [6.45, 7) is 4.88. The van der Waals surface area contributed by atoms with Crippen LogP contribution in [0.25, 0.3) is 0 Å². The van der Waals surface area contributed by atoms with Gasteiger partial charge in [0.05, 0.1) is 25.4 Å². The number of aliphatic hydroxyl groups excluding tert-OH is 2. The maximum absolute atomic E-state index is 12.6. The first kappa shape index (κ1) is 78.1. The molecule has 6 heteroatoms. The smallest absolute Gasteiger partial charge is 0.305 e. The van der Waals surface area contributed by atoms with Gasteiger partial charge in [0.2, 0.25) is 5.91 Å². The van der Waals surface area contributed by atoms with Crippen LogP contribution in [0.15, 0.2) is 36.5 Å². The quantitative estimate of drug-likeness (QED) is 0.0320. The number of rotatable bonds is 68. The Balaban J connectivity index is 3.43. The molecule has 6 nitrogen and oxygen atoms in total. The molecule has 0 saturated carbocycles. The molecule has 1 amide bonds. The van der Waals surface area contributed by atoms with Crippen molar-refractivity contribution in [3.05, 3.63) is 36.5 Å². The highest BCUT2D eigenvalue weighted by atomic mass is 16.5. The van der Waals surface area contributed by atoms with Gasteiger partial charge in [-0.25, -0.2) is 0 Å². The van der Waals surface area contributed by atoms with Crippen molar-refractivity contribution < 1.29 is 24.5 Å². The van der Waals surface area contributed by atoms with Gasteiger partial charge in [-0.1, -0.05) is 352 Å². The molecule has 2 unspecified atom stereocenters. The van der Waals surface area contributed by atoms with Crippen LogP contribution < -0.4 is 5.32 Å². The predicted molar refractivity (Wildman–Crippen MR) is 352 cm³/mol. The maximum atomic E-state index is 12.6. The molecule has 0 aliphatic heterocycles. The van der Waals surface area contributed by atoms with Gasteiger partial charge in [-0.3, -0.25) is 9.59 Å². The van der Waals surface area contributed by atoms with Crippen molar-refractivity contribution in [1.82, 2.24) is 5.32 Å². The number of ether oxygens (including phenoxy) is 1. The fraction of sp³-hybridized carbons (Fsp3) is 0.892.